The summed E-state index contributed by atoms with van der Waals surface area (Å²) in [5.74, 6) is -0.770. The van der Waals surface area contributed by atoms with Crippen molar-refractivity contribution >= 4 is 17.7 Å². The molecule has 1 fully saturated rings. The molecule has 1 N–H and O–H groups in total. The molecule has 0 spiro atoms. The van der Waals surface area contributed by atoms with Gasteiger partial charge in [-0.1, -0.05) is 12.1 Å². The first-order valence-electron chi connectivity index (χ1n) is 6.75. The second kappa shape index (κ2) is 6.61. The zero-order chi connectivity index (χ0) is 14.6. The molecular weight excluding hydrogens is 274 g/mol. The first-order chi connectivity index (χ1) is 9.56. The number of hydrogen-bond donors (Lipinski definition) is 1. The molecule has 1 saturated heterocycles. The summed E-state index contributed by atoms with van der Waals surface area (Å²) < 4.78 is 5.38. The number of nitrogens with zero attached hydrogens (tertiary/aromatic N) is 1. The van der Waals surface area contributed by atoms with Gasteiger partial charge in [0.25, 0.3) is 0 Å². The van der Waals surface area contributed by atoms with Crippen LogP contribution in [0.5, 0.6) is 0 Å². The fourth-order valence-electron chi connectivity index (χ4n) is 2.70. The molecule has 0 aromatic heterocycles. The number of aliphatic carboxylic acids is 1. The van der Waals surface area contributed by atoms with Gasteiger partial charge in [0, 0.05) is 18.0 Å². The molecule has 1 aliphatic rings. The predicted molar refractivity (Wildman–Crippen MR) is 80.2 cm³/mol. The van der Waals surface area contributed by atoms with E-state index >= 15 is 0 Å². The third kappa shape index (κ3) is 3.34. The molecule has 1 atom stereocenters. The zero-order valence-electron chi connectivity index (χ0n) is 12.0. The van der Waals surface area contributed by atoms with Crippen LogP contribution in [0.15, 0.2) is 29.2 Å². The molecule has 1 aromatic carbocycles. The molecular formula is C15H21NO3S. The Hall–Kier alpha value is -1.04. The lowest BCUT2D eigenvalue weighted by Crippen LogP contribution is -2.50. The van der Waals surface area contributed by atoms with Crippen LogP contribution in [0.4, 0.5) is 0 Å². The molecule has 0 bridgehead atoms. The Labute approximate surface area is 124 Å². The number of carbonyl (C=O) groups is 1. The lowest BCUT2D eigenvalue weighted by Gasteiger charge is -2.43. The lowest BCUT2D eigenvalue weighted by molar-refractivity contribution is -0.141. The summed E-state index contributed by atoms with van der Waals surface area (Å²) in [6, 6.07) is 8.20. The van der Waals surface area contributed by atoms with Gasteiger partial charge in [0.15, 0.2) is 0 Å². The van der Waals surface area contributed by atoms with Gasteiger partial charge in [-0.15, -0.1) is 11.8 Å². The molecule has 110 valence electrons. The van der Waals surface area contributed by atoms with Crippen molar-refractivity contribution in [2.45, 2.75) is 23.8 Å². The van der Waals surface area contributed by atoms with Crippen molar-refractivity contribution in [1.29, 1.82) is 0 Å². The van der Waals surface area contributed by atoms with Crippen molar-refractivity contribution in [3.63, 3.8) is 0 Å². The molecule has 0 amide bonds. The van der Waals surface area contributed by atoms with Gasteiger partial charge in [-0.05, 0) is 30.9 Å². The van der Waals surface area contributed by atoms with E-state index in [1.165, 1.54) is 4.90 Å². The van der Waals surface area contributed by atoms with Gasteiger partial charge >= 0.3 is 5.97 Å². The van der Waals surface area contributed by atoms with Gasteiger partial charge in [-0.25, -0.2) is 0 Å². The van der Waals surface area contributed by atoms with E-state index in [9.17, 15) is 9.90 Å². The summed E-state index contributed by atoms with van der Waals surface area (Å²) in [7, 11) is 0. The van der Waals surface area contributed by atoms with Crippen molar-refractivity contribution in [3.05, 3.63) is 29.8 Å². The first-order valence-corrected chi connectivity index (χ1v) is 7.98. The Morgan fingerprint density at radius 2 is 1.95 bits per heavy atom. The summed E-state index contributed by atoms with van der Waals surface area (Å²) in [5, 5.41) is 9.28. The SMILES string of the molecule is CSc1ccc(C(C)(CC(=O)O)N2CCOCC2)cc1. The van der Waals surface area contributed by atoms with Crippen LogP contribution in [0.1, 0.15) is 18.9 Å². The third-order valence-electron chi connectivity index (χ3n) is 3.92. The van der Waals surface area contributed by atoms with Crippen LogP contribution in [-0.4, -0.2) is 48.5 Å². The van der Waals surface area contributed by atoms with Crippen LogP contribution in [0.2, 0.25) is 0 Å². The molecule has 0 aliphatic carbocycles. The number of carboxylic acids is 1. The maximum absolute atomic E-state index is 11.3. The lowest BCUT2D eigenvalue weighted by atomic mass is 9.86. The van der Waals surface area contributed by atoms with E-state index in [0.717, 1.165) is 18.7 Å². The molecule has 20 heavy (non-hydrogen) atoms. The third-order valence-corrected chi connectivity index (χ3v) is 4.66. The molecule has 1 aromatic rings. The van der Waals surface area contributed by atoms with E-state index in [4.69, 9.17) is 4.74 Å². The topological polar surface area (TPSA) is 49.8 Å². The molecule has 1 unspecified atom stereocenters. The molecule has 5 heteroatoms. The monoisotopic (exact) mass is 295 g/mol. The van der Waals surface area contributed by atoms with E-state index in [1.54, 1.807) is 11.8 Å². The molecule has 0 radical (unpaired) electrons. The Balaban J connectivity index is 2.30. The van der Waals surface area contributed by atoms with Gasteiger partial charge in [0.1, 0.15) is 0 Å². The Morgan fingerprint density at radius 3 is 2.45 bits per heavy atom. The highest BCUT2D eigenvalue weighted by Gasteiger charge is 2.36. The molecule has 1 aliphatic heterocycles. The zero-order valence-corrected chi connectivity index (χ0v) is 12.8. The minimum Gasteiger partial charge on any atom is -0.481 e. The normalized spacial score (nSPS) is 19.5. The highest BCUT2D eigenvalue weighted by atomic mass is 32.2. The number of hydrogen-bond acceptors (Lipinski definition) is 4. The summed E-state index contributed by atoms with van der Waals surface area (Å²) >= 11 is 1.69. The summed E-state index contributed by atoms with van der Waals surface area (Å²) in [4.78, 5) is 14.7. The van der Waals surface area contributed by atoms with E-state index in [2.05, 4.69) is 17.0 Å². The quantitative estimate of drug-likeness (QED) is 0.846. The largest absolute Gasteiger partial charge is 0.481 e. The average Bonchev–Trinajstić information content (AvgIpc) is 2.47. The minimum absolute atomic E-state index is 0.103. The van der Waals surface area contributed by atoms with Crippen molar-refractivity contribution in [1.82, 2.24) is 4.90 Å². The number of thioether (sulfide) groups is 1. The number of morpholine rings is 1. The average molecular weight is 295 g/mol. The Bertz CT molecular complexity index is 457. The predicted octanol–water partition coefficient (Wildman–Crippen LogP) is 2.43. The van der Waals surface area contributed by atoms with Crippen LogP contribution in [0.3, 0.4) is 0 Å². The van der Waals surface area contributed by atoms with Crippen LogP contribution >= 0.6 is 11.8 Å². The van der Waals surface area contributed by atoms with Crippen molar-refractivity contribution in [3.8, 4) is 0 Å². The highest BCUT2D eigenvalue weighted by Crippen LogP contribution is 2.33. The number of rotatable bonds is 5. The highest BCUT2D eigenvalue weighted by molar-refractivity contribution is 7.98. The van der Waals surface area contributed by atoms with E-state index in [0.29, 0.717) is 13.2 Å². The Morgan fingerprint density at radius 1 is 1.35 bits per heavy atom. The van der Waals surface area contributed by atoms with Gasteiger partial charge in [0.2, 0.25) is 0 Å². The molecule has 2 rings (SSSR count). The number of ether oxygens (including phenoxy) is 1. The standard InChI is InChI=1S/C15H21NO3S/c1-15(11-14(17)18,16-7-9-19-10-8-16)12-3-5-13(20-2)6-4-12/h3-6H,7-11H2,1-2H3,(H,17,18). The Kier molecular flexibility index (Phi) is 5.07. The molecule has 4 nitrogen and oxygen atoms in total. The smallest absolute Gasteiger partial charge is 0.305 e. The van der Waals surface area contributed by atoms with Gasteiger partial charge in [-0.2, -0.15) is 0 Å². The van der Waals surface area contributed by atoms with Crippen LogP contribution < -0.4 is 0 Å². The van der Waals surface area contributed by atoms with Crippen molar-refractivity contribution in [2.24, 2.45) is 0 Å². The second-order valence-corrected chi connectivity index (χ2v) is 6.05. The summed E-state index contributed by atoms with van der Waals surface area (Å²) in [6.45, 7) is 4.89. The maximum atomic E-state index is 11.3. The molecule has 1 heterocycles. The maximum Gasteiger partial charge on any atom is 0.305 e. The first kappa shape index (κ1) is 15.4. The minimum atomic E-state index is -0.770. The van der Waals surface area contributed by atoms with Gasteiger partial charge in [0.05, 0.1) is 25.2 Å². The van der Waals surface area contributed by atoms with E-state index in [-0.39, 0.29) is 6.42 Å². The fourth-order valence-corrected chi connectivity index (χ4v) is 3.11. The summed E-state index contributed by atoms with van der Waals surface area (Å²) in [5.41, 5.74) is 0.576. The van der Waals surface area contributed by atoms with Crippen LogP contribution in [-0.2, 0) is 15.1 Å². The van der Waals surface area contributed by atoms with Crippen LogP contribution in [0, 0.1) is 0 Å². The molecule has 0 saturated carbocycles. The van der Waals surface area contributed by atoms with Crippen LogP contribution in [0.25, 0.3) is 0 Å². The summed E-state index contributed by atoms with van der Waals surface area (Å²) in [6.07, 6.45) is 2.14. The fraction of sp³-hybridized carbons (Fsp3) is 0.533. The van der Waals surface area contributed by atoms with E-state index < -0.39 is 11.5 Å². The van der Waals surface area contributed by atoms with E-state index in [1.807, 2.05) is 25.3 Å². The number of benzene rings is 1. The number of carboxylic acid groups (broad SMARTS) is 1. The second-order valence-electron chi connectivity index (χ2n) is 5.17. The van der Waals surface area contributed by atoms with Crippen molar-refractivity contribution < 1.29 is 14.6 Å². The van der Waals surface area contributed by atoms with Crippen molar-refractivity contribution in [2.75, 3.05) is 32.6 Å². The van der Waals surface area contributed by atoms with Gasteiger partial charge < -0.3 is 9.84 Å². The van der Waals surface area contributed by atoms with Gasteiger partial charge in [-0.3, -0.25) is 9.69 Å².